The van der Waals surface area contributed by atoms with Gasteiger partial charge in [-0.1, -0.05) is 30.3 Å². The molecule has 2 aromatic carbocycles. The van der Waals surface area contributed by atoms with Crippen LogP contribution in [0.1, 0.15) is 24.3 Å². The molecule has 0 atom stereocenters. The standard InChI is InChI=1S/C16H17N3O/c1-3-18(4-2)19-15(11-20)16-13-8-6-5-7-12(13)9-10-14(16)17-19/h5-11H,3-4H2,1-2H3. The molecule has 0 saturated carbocycles. The van der Waals surface area contributed by atoms with E-state index in [1.807, 2.05) is 35.3 Å². The predicted octanol–water partition coefficient (Wildman–Crippen LogP) is 2.98. The minimum atomic E-state index is 0.625. The van der Waals surface area contributed by atoms with Crippen molar-refractivity contribution >= 4 is 28.0 Å². The number of fused-ring (bicyclic) bond motifs is 3. The summed E-state index contributed by atoms with van der Waals surface area (Å²) in [6.45, 7) is 5.73. The van der Waals surface area contributed by atoms with E-state index < -0.39 is 0 Å². The summed E-state index contributed by atoms with van der Waals surface area (Å²) in [4.78, 5) is 13.3. The first-order valence-electron chi connectivity index (χ1n) is 6.91. The van der Waals surface area contributed by atoms with Gasteiger partial charge >= 0.3 is 0 Å². The average Bonchev–Trinajstić information content (AvgIpc) is 2.87. The third-order valence-corrected chi connectivity index (χ3v) is 3.69. The summed E-state index contributed by atoms with van der Waals surface area (Å²) in [5.74, 6) is 0. The lowest BCUT2D eigenvalue weighted by Crippen LogP contribution is -2.36. The van der Waals surface area contributed by atoms with Crippen LogP contribution in [-0.2, 0) is 0 Å². The van der Waals surface area contributed by atoms with Crippen LogP contribution in [0.5, 0.6) is 0 Å². The van der Waals surface area contributed by atoms with Crippen LogP contribution in [0.25, 0.3) is 21.7 Å². The largest absolute Gasteiger partial charge is 0.297 e. The van der Waals surface area contributed by atoms with Gasteiger partial charge in [-0.2, -0.15) is 9.89 Å². The Morgan fingerprint density at radius 3 is 2.60 bits per heavy atom. The van der Waals surface area contributed by atoms with Crippen molar-refractivity contribution in [2.24, 2.45) is 0 Å². The van der Waals surface area contributed by atoms with Crippen LogP contribution in [0.15, 0.2) is 36.4 Å². The van der Waals surface area contributed by atoms with Crippen molar-refractivity contribution in [3.05, 3.63) is 42.1 Å². The van der Waals surface area contributed by atoms with Crippen LogP contribution < -0.4 is 5.01 Å². The van der Waals surface area contributed by atoms with Crippen LogP contribution in [0.3, 0.4) is 0 Å². The molecule has 1 heterocycles. The first kappa shape index (κ1) is 12.7. The fraction of sp³-hybridized carbons (Fsp3) is 0.250. The molecule has 0 saturated heterocycles. The summed E-state index contributed by atoms with van der Waals surface area (Å²) in [7, 11) is 0. The molecule has 0 unspecified atom stereocenters. The van der Waals surface area contributed by atoms with Gasteiger partial charge in [-0.15, -0.1) is 0 Å². The first-order valence-corrected chi connectivity index (χ1v) is 6.91. The van der Waals surface area contributed by atoms with Gasteiger partial charge in [0.25, 0.3) is 0 Å². The summed E-state index contributed by atoms with van der Waals surface area (Å²) in [6.07, 6.45) is 0.903. The van der Waals surface area contributed by atoms with Gasteiger partial charge in [-0.25, -0.2) is 0 Å². The van der Waals surface area contributed by atoms with Crippen molar-refractivity contribution in [2.45, 2.75) is 13.8 Å². The number of nitrogens with zero attached hydrogens (tertiary/aromatic N) is 3. The van der Waals surface area contributed by atoms with Crippen molar-refractivity contribution in [3.8, 4) is 0 Å². The molecule has 102 valence electrons. The average molecular weight is 267 g/mol. The van der Waals surface area contributed by atoms with E-state index in [-0.39, 0.29) is 0 Å². The Hall–Kier alpha value is -2.36. The molecule has 0 amide bonds. The van der Waals surface area contributed by atoms with Gasteiger partial charge < -0.3 is 0 Å². The SMILES string of the molecule is CCN(CC)n1nc2ccc3ccccc3c2c1C=O. The molecule has 0 radical (unpaired) electrons. The van der Waals surface area contributed by atoms with E-state index in [1.54, 1.807) is 4.79 Å². The van der Waals surface area contributed by atoms with E-state index in [0.717, 1.165) is 41.1 Å². The summed E-state index contributed by atoms with van der Waals surface area (Å²) < 4.78 is 0. The molecule has 4 nitrogen and oxygen atoms in total. The molecule has 0 N–H and O–H groups in total. The summed E-state index contributed by atoms with van der Waals surface area (Å²) in [6, 6.07) is 12.1. The molecule has 0 aliphatic carbocycles. The number of aldehydes is 1. The smallest absolute Gasteiger partial charge is 0.170 e. The molecule has 1 aromatic heterocycles. The number of benzene rings is 2. The van der Waals surface area contributed by atoms with Crippen molar-refractivity contribution in [2.75, 3.05) is 18.1 Å². The number of carbonyl (C=O) groups is 1. The number of aromatic nitrogens is 2. The Balaban J connectivity index is 2.40. The third kappa shape index (κ3) is 1.76. The molecule has 3 rings (SSSR count). The third-order valence-electron chi connectivity index (χ3n) is 3.69. The van der Waals surface area contributed by atoms with Crippen molar-refractivity contribution in [1.82, 2.24) is 9.89 Å². The lowest BCUT2D eigenvalue weighted by Gasteiger charge is -2.21. The Bertz CT molecular complexity index is 772. The minimum absolute atomic E-state index is 0.625. The number of rotatable bonds is 4. The molecule has 0 fully saturated rings. The summed E-state index contributed by atoms with van der Waals surface area (Å²) in [5, 5.41) is 9.76. The van der Waals surface area contributed by atoms with Crippen molar-refractivity contribution < 1.29 is 4.79 Å². The van der Waals surface area contributed by atoms with Gasteiger partial charge in [0.1, 0.15) is 5.69 Å². The Morgan fingerprint density at radius 1 is 1.15 bits per heavy atom. The topological polar surface area (TPSA) is 38.1 Å². The minimum Gasteiger partial charge on any atom is -0.297 e. The zero-order valence-corrected chi connectivity index (χ0v) is 11.7. The zero-order valence-electron chi connectivity index (χ0n) is 11.7. The Labute approximate surface area is 117 Å². The van der Waals surface area contributed by atoms with Crippen molar-refractivity contribution in [3.63, 3.8) is 0 Å². The lowest BCUT2D eigenvalue weighted by molar-refractivity contribution is 0.111. The van der Waals surface area contributed by atoms with Crippen molar-refractivity contribution in [1.29, 1.82) is 0 Å². The number of carbonyl (C=O) groups excluding carboxylic acids is 1. The summed E-state index contributed by atoms with van der Waals surface area (Å²) >= 11 is 0. The highest BCUT2D eigenvalue weighted by atomic mass is 16.1. The van der Waals surface area contributed by atoms with E-state index in [0.29, 0.717) is 5.69 Å². The van der Waals surface area contributed by atoms with E-state index in [1.165, 1.54) is 0 Å². The normalized spacial score (nSPS) is 11.1. The molecular formula is C16H17N3O. The molecule has 0 spiro atoms. The molecule has 4 heteroatoms. The highest BCUT2D eigenvalue weighted by Crippen LogP contribution is 2.27. The van der Waals surface area contributed by atoms with Gasteiger partial charge in [0.05, 0.1) is 5.52 Å². The summed E-state index contributed by atoms with van der Waals surface area (Å²) in [5.41, 5.74) is 1.48. The molecule has 0 aliphatic heterocycles. The highest BCUT2D eigenvalue weighted by molar-refractivity contribution is 6.12. The van der Waals surface area contributed by atoms with Crippen LogP contribution in [-0.4, -0.2) is 29.3 Å². The lowest BCUT2D eigenvalue weighted by atomic mass is 10.1. The molecular weight excluding hydrogens is 250 g/mol. The van der Waals surface area contributed by atoms with Gasteiger partial charge in [0.15, 0.2) is 6.29 Å². The van der Waals surface area contributed by atoms with E-state index in [9.17, 15) is 4.79 Å². The van der Waals surface area contributed by atoms with Gasteiger partial charge in [0.2, 0.25) is 0 Å². The van der Waals surface area contributed by atoms with Crippen LogP contribution in [0, 0.1) is 0 Å². The Kier molecular flexibility index (Phi) is 3.14. The molecule has 0 bridgehead atoms. The van der Waals surface area contributed by atoms with E-state index in [4.69, 9.17) is 0 Å². The fourth-order valence-corrected chi connectivity index (χ4v) is 2.68. The highest BCUT2D eigenvalue weighted by Gasteiger charge is 2.16. The second kappa shape index (κ2) is 4.96. The second-order valence-corrected chi connectivity index (χ2v) is 4.71. The maximum Gasteiger partial charge on any atom is 0.170 e. The predicted molar refractivity (Wildman–Crippen MR) is 81.9 cm³/mol. The monoisotopic (exact) mass is 267 g/mol. The zero-order chi connectivity index (χ0) is 14.1. The first-order chi connectivity index (χ1) is 9.80. The number of hydrogen-bond donors (Lipinski definition) is 0. The van der Waals surface area contributed by atoms with Crippen LogP contribution in [0.2, 0.25) is 0 Å². The van der Waals surface area contributed by atoms with Crippen LogP contribution in [0.4, 0.5) is 0 Å². The van der Waals surface area contributed by atoms with Gasteiger partial charge in [-0.05, 0) is 30.7 Å². The maximum atomic E-state index is 11.6. The van der Waals surface area contributed by atoms with Gasteiger partial charge in [-0.3, -0.25) is 9.80 Å². The molecule has 3 aromatic rings. The van der Waals surface area contributed by atoms with E-state index >= 15 is 0 Å². The Morgan fingerprint density at radius 2 is 1.90 bits per heavy atom. The maximum absolute atomic E-state index is 11.6. The van der Waals surface area contributed by atoms with Gasteiger partial charge in [0, 0.05) is 18.5 Å². The van der Waals surface area contributed by atoms with Crippen LogP contribution >= 0.6 is 0 Å². The molecule has 20 heavy (non-hydrogen) atoms. The second-order valence-electron chi connectivity index (χ2n) is 4.71. The number of hydrogen-bond acceptors (Lipinski definition) is 3. The fourth-order valence-electron chi connectivity index (χ4n) is 2.68. The van der Waals surface area contributed by atoms with E-state index in [2.05, 4.69) is 25.0 Å². The quantitative estimate of drug-likeness (QED) is 0.682. The molecule has 0 aliphatic rings.